The molecule has 1 aliphatic rings. The number of likely N-dealkylation sites (tertiary alicyclic amines) is 1. The highest BCUT2D eigenvalue weighted by Gasteiger charge is 2.25. The first-order valence-electron chi connectivity index (χ1n) is 8.34. The third kappa shape index (κ3) is 2.52. The van der Waals surface area contributed by atoms with Gasteiger partial charge in [0, 0.05) is 38.0 Å². The van der Waals surface area contributed by atoms with Crippen LogP contribution in [0.5, 0.6) is 5.88 Å². The number of pyridine rings is 1. The molecule has 0 radical (unpaired) electrons. The van der Waals surface area contributed by atoms with E-state index in [1.807, 2.05) is 0 Å². The zero-order valence-electron chi connectivity index (χ0n) is 14.5. The number of amides is 1. The van der Waals surface area contributed by atoms with Crippen LogP contribution in [0.25, 0.3) is 22.6 Å². The Bertz CT molecular complexity index is 1030. The van der Waals surface area contributed by atoms with Crippen molar-refractivity contribution in [3.8, 4) is 17.3 Å². The van der Waals surface area contributed by atoms with Crippen molar-refractivity contribution in [1.82, 2.24) is 29.0 Å². The number of ether oxygens (including phenoxy) is 1. The Balaban J connectivity index is 1.80. The van der Waals surface area contributed by atoms with Crippen molar-refractivity contribution in [3.63, 3.8) is 0 Å². The van der Waals surface area contributed by atoms with Gasteiger partial charge in [-0.25, -0.2) is 29.1 Å². The Morgan fingerprint density at radius 2 is 1.92 bits per heavy atom. The van der Waals surface area contributed by atoms with Crippen LogP contribution in [-0.4, -0.2) is 55.2 Å². The van der Waals surface area contributed by atoms with Crippen LogP contribution in [0.1, 0.15) is 12.8 Å². The van der Waals surface area contributed by atoms with Gasteiger partial charge in [-0.2, -0.15) is 0 Å². The molecule has 1 aliphatic heterocycles. The number of rotatable bonds is 2. The molecule has 0 saturated carbocycles. The second-order valence-electron chi connectivity index (χ2n) is 6.15. The van der Waals surface area contributed by atoms with Crippen LogP contribution in [0.3, 0.4) is 0 Å². The van der Waals surface area contributed by atoms with E-state index in [9.17, 15) is 9.59 Å². The monoisotopic (exact) mass is 354 g/mol. The Kier molecular flexibility index (Phi) is 3.90. The molecule has 3 aromatic rings. The molecular weight excluding hydrogens is 336 g/mol. The average Bonchev–Trinajstić information content (AvgIpc) is 3.29. The summed E-state index contributed by atoms with van der Waals surface area (Å²) in [5.41, 5.74) is 1.08. The van der Waals surface area contributed by atoms with E-state index in [4.69, 9.17) is 4.74 Å². The first kappa shape index (κ1) is 16.2. The molecule has 0 bridgehead atoms. The standard InChI is InChI=1S/C17H18N6O3/c1-21-15-12(23(16(21)24)17(25)22-7-3-4-8-22)10-19-14(20-15)11-5-6-13(26-2)18-9-11/h5-6,9-10H,3-4,7-8H2,1-2H3. The van der Waals surface area contributed by atoms with Gasteiger partial charge in [-0.1, -0.05) is 0 Å². The minimum Gasteiger partial charge on any atom is -0.481 e. The van der Waals surface area contributed by atoms with E-state index in [0.717, 1.165) is 17.4 Å². The minimum absolute atomic E-state index is 0.319. The van der Waals surface area contributed by atoms with E-state index in [1.165, 1.54) is 10.8 Å². The predicted octanol–water partition coefficient (Wildman–Crippen LogP) is 1.26. The lowest BCUT2D eigenvalue weighted by atomic mass is 10.2. The molecule has 0 aromatic carbocycles. The molecule has 3 aromatic heterocycles. The second kappa shape index (κ2) is 6.25. The predicted molar refractivity (Wildman–Crippen MR) is 94.2 cm³/mol. The van der Waals surface area contributed by atoms with Crippen molar-refractivity contribution in [2.24, 2.45) is 7.05 Å². The lowest BCUT2D eigenvalue weighted by Gasteiger charge is -2.14. The number of fused-ring (bicyclic) bond motifs is 1. The summed E-state index contributed by atoms with van der Waals surface area (Å²) in [5.74, 6) is 0.915. The van der Waals surface area contributed by atoms with Crippen LogP contribution in [-0.2, 0) is 7.05 Å². The van der Waals surface area contributed by atoms with E-state index in [0.29, 0.717) is 41.5 Å². The van der Waals surface area contributed by atoms with E-state index in [-0.39, 0.29) is 6.03 Å². The minimum atomic E-state index is -0.420. The fourth-order valence-electron chi connectivity index (χ4n) is 3.12. The van der Waals surface area contributed by atoms with Crippen molar-refractivity contribution in [2.75, 3.05) is 20.2 Å². The van der Waals surface area contributed by atoms with Crippen LogP contribution in [0.2, 0.25) is 0 Å². The van der Waals surface area contributed by atoms with Gasteiger partial charge in [0.05, 0.1) is 13.3 Å². The third-order valence-corrected chi connectivity index (χ3v) is 4.56. The van der Waals surface area contributed by atoms with Crippen LogP contribution in [0.4, 0.5) is 4.79 Å². The highest BCUT2D eigenvalue weighted by molar-refractivity contribution is 5.88. The molecule has 134 valence electrons. The van der Waals surface area contributed by atoms with Gasteiger partial charge in [0.25, 0.3) is 0 Å². The number of methoxy groups -OCH3 is 1. The quantitative estimate of drug-likeness (QED) is 0.688. The Morgan fingerprint density at radius 1 is 1.15 bits per heavy atom. The van der Waals surface area contributed by atoms with Crippen LogP contribution < -0.4 is 10.4 Å². The van der Waals surface area contributed by atoms with E-state index in [2.05, 4.69) is 15.0 Å². The lowest BCUT2D eigenvalue weighted by Crippen LogP contribution is -2.38. The normalized spacial score (nSPS) is 14.2. The largest absolute Gasteiger partial charge is 0.481 e. The highest BCUT2D eigenvalue weighted by Crippen LogP contribution is 2.20. The molecule has 9 nitrogen and oxygen atoms in total. The van der Waals surface area contributed by atoms with Gasteiger partial charge in [0.2, 0.25) is 5.88 Å². The summed E-state index contributed by atoms with van der Waals surface area (Å²) in [7, 11) is 3.14. The van der Waals surface area contributed by atoms with Gasteiger partial charge in [-0.05, 0) is 18.9 Å². The molecule has 0 spiro atoms. The van der Waals surface area contributed by atoms with Crippen LogP contribution >= 0.6 is 0 Å². The number of aryl methyl sites for hydroxylation is 1. The molecule has 4 heterocycles. The number of hydrogen-bond acceptors (Lipinski definition) is 6. The Labute approximate surface area is 148 Å². The Hall–Kier alpha value is -3.23. The number of hydrogen-bond donors (Lipinski definition) is 0. The molecule has 4 rings (SSSR count). The number of aromatic nitrogens is 5. The fourth-order valence-corrected chi connectivity index (χ4v) is 3.12. The molecule has 0 N–H and O–H groups in total. The maximum atomic E-state index is 12.7. The summed E-state index contributed by atoms with van der Waals surface area (Å²) >= 11 is 0. The zero-order valence-corrected chi connectivity index (χ0v) is 14.5. The summed E-state index contributed by atoms with van der Waals surface area (Å²) in [6, 6.07) is 3.18. The van der Waals surface area contributed by atoms with Gasteiger partial charge >= 0.3 is 11.7 Å². The van der Waals surface area contributed by atoms with Gasteiger partial charge in [-0.15, -0.1) is 0 Å². The summed E-state index contributed by atoms with van der Waals surface area (Å²) in [6.07, 6.45) is 5.02. The van der Waals surface area contributed by atoms with Crippen LogP contribution in [0, 0.1) is 0 Å². The third-order valence-electron chi connectivity index (χ3n) is 4.56. The average molecular weight is 354 g/mol. The van der Waals surface area contributed by atoms with Gasteiger partial charge in [-0.3, -0.25) is 4.57 Å². The highest BCUT2D eigenvalue weighted by atomic mass is 16.5. The van der Waals surface area contributed by atoms with Crippen molar-refractivity contribution in [2.45, 2.75) is 12.8 Å². The zero-order chi connectivity index (χ0) is 18.3. The van der Waals surface area contributed by atoms with Crippen molar-refractivity contribution in [3.05, 3.63) is 35.0 Å². The molecule has 0 aliphatic carbocycles. The first-order chi connectivity index (χ1) is 12.6. The first-order valence-corrected chi connectivity index (χ1v) is 8.34. The van der Waals surface area contributed by atoms with Crippen molar-refractivity contribution in [1.29, 1.82) is 0 Å². The van der Waals surface area contributed by atoms with E-state index in [1.54, 1.807) is 37.4 Å². The molecule has 0 atom stereocenters. The van der Waals surface area contributed by atoms with Gasteiger partial charge in [0.1, 0.15) is 5.52 Å². The summed E-state index contributed by atoms with van der Waals surface area (Å²) in [5, 5.41) is 0. The summed E-state index contributed by atoms with van der Waals surface area (Å²) in [6.45, 7) is 1.33. The Morgan fingerprint density at radius 3 is 2.58 bits per heavy atom. The van der Waals surface area contributed by atoms with E-state index < -0.39 is 5.69 Å². The topological polar surface area (TPSA) is 95.1 Å². The molecule has 1 saturated heterocycles. The molecule has 1 amide bonds. The summed E-state index contributed by atoms with van der Waals surface area (Å²) in [4.78, 5) is 39.9. The van der Waals surface area contributed by atoms with Crippen molar-refractivity contribution >= 4 is 17.2 Å². The lowest BCUT2D eigenvalue weighted by molar-refractivity contribution is 0.210. The van der Waals surface area contributed by atoms with Crippen molar-refractivity contribution < 1.29 is 9.53 Å². The number of carbonyl (C=O) groups is 1. The molecule has 1 fully saturated rings. The maximum absolute atomic E-state index is 12.7. The molecule has 0 unspecified atom stereocenters. The molecule has 26 heavy (non-hydrogen) atoms. The van der Waals surface area contributed by atoms with Crippen LogP contribution in [0.15, 0.2) is 29.3 Å². The SMILES string of the molecule is COc1ccc(-c2ncc3c(n2)n(C)c(=O)n3C(=O)N2CCCC2)cn1. The molecule has 9 heteroatoms. The smallest absolute Gasteiger partial charge is 0.338 e. The van der Waals surface area contributed by atoms with E-state index >= 15 is 0 Å². The number of carbonyl (C=O) groups excluding carboxylic acids is 1. The van der Waals surface area contributed by atoms with Gasteiger partial charge < -0.3 is 9.64 Å². The maximum Gasteiger partial charge on any atom is 0.338 e. The fraction of sp³-hybridized carbons (Fsp3) is 0.353. The number of nitrogens with zero attached hydrogens (tertiary/aromatic N) is 6. The second-order valence-corrected chi connectivity index (χ2v) is 6.15. The van der Waals surface area contributed by atoms with Gasteiger partial charge in [0.15, 0.2) is 11.5 Å². The summed E-state index contributed by atoms with van der Waals surface area (Å²) < 4.78 is 7.56. The molecular formula is C17H18N6O3. The number of imidazole rings is 1.